The summed E-state index contributed by atoms with van der Waals surface area (Å²) in [4.78, 5) is 24.6. The van der Waals surface area contributed by atoms with Gasteiger partial charge in [0.15, 0.2) is 12.3 Å². The van der Waals surface area contributed by atoms with Crippen molar-refractivity contribution in [3.8, 4) is 11.5 Å². The first-order valence-corrected chi connectivity index (χ1v) is 14.4. The molecule has 244 valence electrons. The van der Waals surface area contributed by atoms with Gasteiger partial charge in [0.2, 0.25) is 0 Å². The van der Waals surface area contributed by atoms with Crippen molar-refractivity contribution >= 4 is 11.9 Å². The van der Waals surface area contributed by atoms with E-state index >= 15 is 0 Å². The number of aliphatic hydroxyl groups is 3. The van der Waals surface area contributed by atoms with Gasteiger partial charge in [-0.25, -0.2) is 4.79 Å². The number of aromatic hydroxyl groups is 2. The first-order valence-electron chi connectivity index (χ1n) is 14.4. The zero-order valence-electron chi connectivity index (χ0n) is 26.2. The number of aromatic carboxylic acids is 1. The molecule has 0 radical (unpaired) electrons. The van der Waals surface area contributed by atoms with Crippen LogP contribution in [0.5, 0.6) is 11.5 Å². The fourth-order valence-corrected chi connectivity index (χ4v) is 5.47. The number of benzene rings is 1. The minimum atomic E-state index is -1.50. The Morgan fingerprint density at radius 3 is 2.35 bits per heavy atom. The molecule has 0 aliphatic carbocycles. The molecule has 0 spiro atoms. The topological polar surface area (TPSA) is 195 Å². The molecule has 1 heterocycles. The molecular weight excluding hydrogens is 562 g/mol. The number of amides is 1. The van der Waals surface area contributed by atoms with Gasteiger partial charge in [0, 0.05) is 38.5 Å². The maximum absolute atomic E-state index is 12.8. The number of methoxy groups -OCH3 is 2. The first-order chi connectivity index (χ1) is 20.0. The Labute approximate surface area is 253 Å². The summed E-state index contributed by atoms with van der Waals surface area (Å²) in [6, 6.07) is 0.999. The van der Waals surface area contributed by atoms with Gasteiger partial charge in [-0.2, -0.15) is 0 Å². The van der Waals surface area contributed by atoms with E-state index in [0.717, 1.165) is 11.6 Å². The lowest BCUT2D eigenvalue weighted by Gasteiger charge is -2.48. The molecule has 12 heteroatoms. The van der Waals surface area contributed by atoms with Gasteiger partial charge in [-0.1, -0.05) is 26.3 Å². The predicted octanol–water partition coefficient (Wildman–Crippen LogP) is 2.40. The molecule has 12 nitrogen and oxygen atoms in total. The van der Waals surface area contributed by atoms with Crippen LogP contribution in [0.3, 0.4) is 0 Å². The number of nitrogens with one attached hydrogen (secondary N) is 1. The molecule has 2 rings (SSSR count). The predicted molar refractivity (Wildman–Crippen MR) is 158 cm³/mol. The fraction of sp³-hybridized carbons (Fsp3) is 0.677. The van der Waals surface area contributed by atoms with Crippen LogP contribution in [-0.2, 0) is 25.4 Å². The molecule has 1 saturated heterocycles. The smallest absolute Gasteiger partial charge is 0.339 e. The second kappa shape index (κ2) is 15.3. The van der Waals surface area contributed by atoms with Gasteiger partial charge in [0.25, 0.3) is 5.91 Å². The monoisotopic (exact) mass is 611 g/mol. The van der Waals surface area contributed by atoms with Crippen LogP contribution in [0.25, 0.3) is 0 Å². The molecule has 43 heavy (non-hydrogen) atoms. The van der Waals surface area contributed by atoms with Crippen molar-refractivity contribution in [2.75, 3.05) is 14.2 Å². The van der Waals surface area contributed by atoms with Crippen LogP contribution in [0, 0.1) is 18.3 Å². The van der Waals surface area contributed by atoms with E-state index in [-0.39, 0.29) is 48.5 Å². The molecule has 8 atom stereocenters. The SMILES string of the molecule is C=C(C)CC(OC)C(O)C(=O)N[C@H](OC)[C@@H]1CC(O)C(C)(C)C(C[C@H](O)[C@@H](C)CCc2c(C)c(O)cc(O)c2C(=O)O)O1. The van der Waals surface area contributed by atoms with Crippen molar-refractivity contribution in [3.05, 3.63) is 34.9 Å². The van der Waals surface area contributed by atoms with Gasteiger partial charge in [0.1, 0.15) is 23.2 Å². The number of carbonyl (C=O) groups excluding carboxylic acids is 1. The molecule has 4 unspecified atom stereocenters. The van der Waals surface area contributed by atoms with Gasteiger partial charge in [-0.05, 0) is 50.2 Å². The quantitative estimate of drug-likeness (QED) is 0.114. The number of ether oxygens (including phenoxy) is 3. The van der Waals surface area contributed by atoms with Crippen LogP contribution >= 0.6 is 0 Å². The molecule has 1 aliphatic rings. The molecule has 1 aliphatic heterocycles. The molecule has 0 saturated carbocycles. The number of hydrogen-bond donors (Lipinski definition) is 7. The maximum Gasteiger partial charge on any atom is 0.339 e. The number of rotatable bonds is 15. The summed E-state index contributed by atoms with van der Waals surface area (Å²) in [5.74, 6) is -3.15. The van der Waals surface area contributed by atoms with E-state index in [9.17, 15) is 40.2 Å². The third kappa shape index (κ3) is 8.90. The summed E-state index contributed by atoms with van der Waals surface area (Å²) in [6.45, 7) is 12.5. The maximum atomic E-state index is 12.8. The third-order valence-electron chi connectivity index (χ3n) is 8.68. The van der Waals surface area contributed by atoms with Crippen molar-refractivity contribution < 1.29 is 54.4 Å². The highest BCUT2D eigenvalue weighted by Gasteiger charge is 2.47. The van der Waals surface area contributed by atoms with Crippen LogP contribution < -0.4 is 5.32 Å². The Kier molecular flexibility index (Phi) is 13.0. The van der Waals surface area contributed by atoms with Crippen LogP contribution in [0.15, 0.2) is 18.2 Å². The van der Waals surface area contributed by atoms with E-state index in [1.807, 2.05) is 13.8 Å². The van der Waals surface area contributed by atoms with Crippen molar-refractivity contribution in [2.24, 2.45) is 11.3 Å². The second-order valence-electron chi connectivity index (χ2n) is 12.3. The standard InChI is InChI=1S/C31H49NO11/c1-15(2)11-22(41-7)27(37)28(38)32-29(42-8)23-14-24(36)31(5,6)25(43-23)13-19(33)16(3)9-10-18-17(4)20(34)12-21(35)26(18)30(39)40/h12,16,19,22-25,27,29,33-37H,1,9-11,13-14H2,2-8H3,(H,32,38)(H,39,40)/t16-,19-,22?,23-,24?,25?,27?,29+/m0/s1. The van der Waals surface area contributed by atoms with Crippen LogP contribution in [0.1, 0.15) is 74.9 Å². The van der Waals surface area contributed by atoms with Crippen molar-refractivity contribution in [2.45, 2.75) is 110 Å². The zero-order valence-corrected chi connectivity index (χ0v) is 26.2. The molecule has 0 bridgehead atoms. The Bertz CT molecular complexity index is 1140. The normalized spacial score (nSPS) is 23.5. The fourth-order valence-electron chi connectivity index (χ4n) is 5.47. The minimum Gasteiger partial charge on any atom is -0.508 e. The highest BCUT2D eigenvalue weighted by molar-refractivity contribution is 5.93. The lowest BCUT2D eigenvalue weighted by Crippen LogP contribution is -2.59. The van der Waals surface area contributed by atoms with E-state index in [2.05, 4.69) is 11.9 Å². The molecular formula is C31H49NO11. The number of phenols is 2. The van der Waals surface area contributed by atoms with E-state index in [1.54, 1.807) is 20.8 Å². The molecule has 1 amide bonds. The summed E-state index contributed by atoms with van der Waals surface area (Å²) in [5.41, 5.74) is 0.304. The Morgan fingerprint density at radius 1 is 1.19 bits per heavy atom. The van der Waals surface area contributed by atoms with Gasteiger partial charge in [-0.15, -0.1) is 6.58 Å². The number of carboxylic acid groups (broad SMARTS) is 1. The number of phenolic OH excluding ortho intramolecular Hbond substituents is 1. The summed E-state index contributed by atoms with van der Waals surface area (Å²) >= 11 is 0. The van der Waals surface area contributed by atoms with Crippen LogP contribution in [0.4, 0.5) is 0 Å². The van der Waals surface area contributed by atoms with E-state index in [1.165, 1.54) is 14.2 Å². The highest BCUT2D eigenvalue weighted by Crippen LogP contribution is 2.40. The number of carbonyl (C=O) groups is 2. The van der Waals surface area contributed by atoms with Gasteiger partial charge in [-0.3, -0.25) is 4.79 Å². The van der Waals surface area contributed by atoms with Crippen molar-refractivity contribution in [1.29, 1.82) is 0 Å². The third-order valence-corrected chi connectivity index (χ3v) is 8.68. The first kappa shape index (κ1) is 36.5. The summed E-state index contributed by atoms with van der Waals surface area (Å²) in [6.07, 6.45) is -5.52. The largest absolute Gasteiger partial charge is 0.508 e. The molecule has 7 N–H and O–H groups in total. The molecule has 1 aromatic carbocycles. The van der Waals surface area contributed by atoms with E-state index in [4.69, 9.17) is 14.2 Å². The summed E-state index contributed by atoms with van der Waals surface area (Å²) in [7, 11) is 2.75. The molecule has 1 aromatic rings. The second-order valence-corrected chi connectivity index (χ2v) is 12.3. The van der Waals surface area contributed by atoms with Crippen molar-refractivity contribution in [3.63, 3.8) is 0 Å². The minimum absolute atomic E-state index is 0.120. The lowest BCUT2D eigenvalue weighted by molar-refractivity contribution is -0.216. The van der Waals surface area contributed by atoms with Crippen LogP contribution in [-0.4, -0.2) is 99.6 Å². The van der Waals surface area contributed by atoms with Gasteiger partial charge < -0.3 is 50.2 Å². The average molecular weight is 612 g/mol. The lowest BCUT2D eigenvalue weighted by atomic mass is 9.73. The van der Waals surface area contributed by atoms with Crippen molar-refractivity contribution in [1.82, 2.24) is 5.32 Å². The Balaban J connectivity index is 2.14. The van der Waals surface area contributed by atoms with Crippen LogP contribution in [0.2, 0.25) is 0 Å². The van der Waals surface area contributed by atoms with Gasteiger partial charge in [0.05, 0.1) is 24.4 Å². The highest BCUT2D eigenvalue weighted by atomic mass is 16.6. The zero-order chi connectivity index (χ0) is 32.8. The Morgan fingerprint density at radius 2 is 1.81 bits per heavy atom. The molecule has 0 aromatic heterocycles. The Hall–Kier alpha value is -2.74. The average Bonchev–Trinajstić information content (AvgIpc) is 2.92. The van der Waals surface area contributed by atoms with Gasteiger partial charge >= 0.3 is 5.97 Å². The number of hydrogen-bond acceptors (Lipinski definition) is 10. The molecule has 1 fully saturated rings. The summed E-state index contributed by atoms with van der Waals surface area (Å²) in [5, 5.41) is 65.2. The van der Waals surface area contributed by atoms with E-state index in [0.29, 0.717) is 12.0 Å². The number of carboxylic acids is 1. The van der Waals surface area contributed by atoms with E-state index < -0.39 is 65.9 Å². The summed E-state index contributed by atoms with van der Waals surface area (Å²) < 4.78 is 17.0. The number of aliphatic hydroxyl groups excluding tert-OH is 3.